The Morgan fingerprint density at radius 1 is 1.17 bits per heavy atom. The fourth-order valence-corrected chi connectivity index (χ4v) is 4.18. The molecule has 0 spiro atoms. The van der Waals surface area contributed by atoms with Crippen molar-refractivity contribution in [1.82, 2.24) is 0 Å². The number of rotatable bonds is 5. The Morgan fingerprint density at radius 2 is 1.87 bits per heavy atom. The third-order valence-electron chi connectivity index (χ3n) is 3.51. The lowest BCUT2D eigenvalue weighted by Crippen LogP contribution is -2.28. The van der Waals surface area contributed by atoms with Gasteiger partial charge in [0.15, 0.2) is 0 Å². The SMILES string of the molecule is Cc1ccc(S(=O)(=O)OCSC2Oc3ccccc3N2C)cc1. The van der Waals surface area contributed by atoms with Crippen LogP contribution in [0.3, 0.4) is 0 Å². The molecule has 1 heterocycles. The first-order valence-electron chi connectivity index (χ1n) is 7.03. The van der Waals surface area contributed by atoms with Crippen LogP contribution in [0.5, 0.6) is 5.75 Å². The van der Waals surface area contributed by atoms with Gasteiger partial charge in [0.25, 0.3) is 10.1 Å². The molecule has 23 heavy (non-hydrogen) atoms. The van der Waals surface area contributed by atoms with E-state index in [9.17, 15) is 8.42 Å². The first kappa shape index (κ1) is 16.2. The molecule has 0 aliphatic carbocycles. The first-order valence-corrected chi connectivity index (χ1v) is 9.49. The predicted molar refractivity (Wildman–Crippen MR) is 91.2 cm³/mol. The van der Waals surface area contributed by atoms with Crippen LogP contribution in [0.1, 0.15) is 5.56 Å². The number of para-hydroxylation sites is 2. The van der Waals surface area contributed by atoms with Crippen molar-refractivity contribution in [2.24, 2.45) is 0 Å². The molecule has 0 aromatic heterocycles. The average molecular weight is 351 g/mol. The van der Waals surface area contributed by atoms with Crippen LogP contribution in [-0.2, 0) is 14.3 Å². The smallest absolute Gasteiger partial charge is 0.297 e. The van der Waals surface area contributed by atoms with E-state index in [4.69, 9.17) is 8.92 Å². The fraction of sp³-hybridized carbons (Fsp3) is 0.250. The highest BCUT2D eigenvalue weighted by molar-refractivity contribution is 8.00. The van der Waals surface area contributed by atoms with E-state index in [1.165, 1.54) is 11.8 Å². The Balaban J connectivity index is 1.59. The van der Waals surface area contributed by atoms with Gasteiger partial charge in [-0.05, 0) is 31.2 Å². The molecule has 122 valence electrons. The van der Waals surface area contributed by atoms with Gasteiger partial charge in [0, 0.05) is 7.05 Å². The zero-order valence-electron chi connectivity index (χ0n) is 12.8. The summed E-state index contributed by atoms with van der Waals surface area (Å²) in [5.41, 5.74) is 1.67. The Labute approximate surface area is 140 Å². The van der Waals surface area contributed by atoms with E-state index in [2.05, 4.69) is 0 Å². The summed E-state index contributed by atoms with van der Waals surface area (Å²) in [5, 5.41) is 0. The van der Waals surface area contributed by atoms with Gasteiger partial charge in [0.2, 0.25) is 5.56 Å². The number of ether oxygens (including phenoxy) is 1. The van der Waals surface area contributed by atoms with Crippen molar-refractivity contribution < 1.29 is 17.3 Å². The van der Waals surface area contributed by atoms with Crippen LogP contribution in [0.4, 0.5) is 5.69 Å². The van der Waals surface area contributed by atoms with Crippen LogP contribution in [0.2, 0.25) is 0 Å². The lowest BCUT2D eigenvalue weighted by molar-refractivity contribution is 0.313. The number of fused-ring (bicyclic) bond motifs is 1. The molecule has 1 atom stereocenters. The van der Waals surface area contributed by atoms with Crippen molar-refractivity contribution in [3.8, 4) is 5.75 Å². The van der Waals surface area contributed by atoms with Crippen molar-refractivity contribution in [3.63, 3.8) is 0 Å². The Bertz CT molecular complexity index is 790. The van der Waals surface area contributed by atoms with Crippen LogP contribution >= 0.6 is 11.8 Å². The molecule has 0 N–H and O–H groups in total. The minimum Gasteiger partial charge on any atom is -0.459 e. The number of aryl methyl sites for hydroxylation is 1. The Kier molecular flexibility index (Phi) is 4.52. The number of nitrogens with zero attached hydrogens (tertiary/aromatic N) is 1. The number of anilines is 1. The van der Waals surface area contributed by atoms with Crippen LogP contribution < -0.4 is 9.64 Å². The number of hydrogen-bond donors (Lipinski definition) is 0. The molecule has 1 unspecified atom stereocenters. The van der Waals surface area contributed by atoms with E-state index in [1.54, 1.807) is 24.3 Å². The number of benzene rings is 2. The summed E-state index contributed by atoms with van der Waals surface area (Å²) in [7, 11) is -1.85. The fourth-order valence-electron chi connectivity index (χ4n) is 2.22. The van der Waals surface area contributed by atoms with Crippen molar-refractivity contribution >= 4 is 27.6 Å². The zero-order chi connectivity index (χ0) is 16.4. The summed E-state index contributed by atoms with van der Waals surface area (Å²) in [6, 6.07) is 14.3. The second-order valence-corrected chi connectivity index (χ2v) is 7.76. The van der Waals surface area contributed by atoms with E-state index < -0.39 is 10.1 Å². The van der Waals surface area contributed by atoms with Crippen LogP contribution in [-0.4, -0.2) is 27.0 Å². The quantitative estimate of drug-likeness (QED) is 0.609. The predicted octanol–water partition coefficient (Wildman–Crippen LogP) is 3.20. The van der Waals surface area contributed by atoms with Gasteiger partial charge >= 0.3 is 0 Å². The highest BCUT2D eigenvalue weighted by atomic mass is 32.2. The van der Waals surface area contributed by atoms with Gasteiger partial charge in [-0.2, -0.15) is 8.42 Å². The van der Waals surface area contributed by atoms with E-state index in [0.717, 1.165) is 17.0 Å². The first-order chi connectivity index (χ1) is 11.0. The average Bonchev–Trinajstić information content (AvgIpc) is 2.84. The molecule has 2 aromatic carbocycles. The molecular formula is C16H17NO4S2. The van der Waals surface area contributed by atoms with Crippen LogP contribution in [0.25, 0.3) is 0 Å². The lowest BCUT2D eigenvalue weighted by atomic mass is 10.2. The molecule has 0 bridgehead atoms. The van der Waals surface area contributed by atoms with Gasteiger partial charge in [0.05, 0.1) is 10.6 Å². The minimum atomic E-state index is -3.75. The zero-order valence-corrected chi connectivity index (χ0v) is 14.4. The van der Waals surface area contributed by atoms with Crippen molar-refractivity contribution in [3.05, 3.63) is 54.1 Å². The molecule has 2 aromatic rings. The maximum atomic E-state index is 12.1. The van der Waals surface area contributed by atoms with Gasteiger partial charge < -0.3 is 9.64 Å². The number of thioether (sulfide) groups is 1. The molecule has 0 fully saturated rings. The molecule has 1 aliphatic rings. The van der Waals surface area contributed by atoms with Crippen molar-refractivity contribution in [2.75, 3.05) is 17.9 Å². The van der Waals surface area contributed by atoms with Crippen LogP contribution in [0, 0.1) is 6.92 Å². The Hall–Kier alpha value is -1.70. The second kappa shape index (κ2) is 6.43. The summed E-state index contributed by atoms with van der Waals surface area (Å²) in [5.74, 6) is 0.771. The van der Waals surface area contributed by atoms with Crippen molar-refractivity contribution in [1.29, 1.82) is 0 Å². The Morgan fingerprint density at radius 3 is 2.57 bits per heavy atom. The molecule has 5 nitrogen and oxygen atoms in total. The topological polar surface area (TPSA) is 55.8 Å². The van der Waals surface area contributed by atoms with E-state index in [1.807, 2.05) is 43.1 Å². The maximum absolute atomic E-state index is 12.1. The van der Waals surface area contributed by atoms with Gasteiger partial charge in [0.1, 0.15) is 11.7 Å². The summed E-state index contributed by atoms with van der Waals surface area (Å²) < 4.78 is 35.1. The summed E-state index contributed by atoms with van der Waals surface area (Å²) in [4.78, 5) is 2.11. The largest absolute Gasteiger partial charge is 0.459 e. The summed E-state index contributed by atoms with van der Waals surface area (Å²) >= 11 is 1.28. The van der Waals surface area contributed by atoms with E-state index >= 15 is 0 Å². The highest BCUT2D eigenvalue weighted by Crippen LogP contribution is 2.39. The van der Waals surface area contributed by atoms with Gasteiger partial charge in [-0.15, -0.1) is 0 Å². The van der Waals surface area contributed by atoms with Gasteiger partial charge in [-0.3, -0.25) is 4.18 Å². The number of hydrogen-bond acceptors (Lipinski definition) is 6. The monoisotopic (exact) mass is 351 g/mol. The van der Waals surface area contributed by atoms with E-state index in [0.29, 0.717) is 0 Å². The molecular weight excluding hydrogens is 334 g/mol. The molecule has 0 saturated carbocycles. The third kappa shape index (κ3) is 3.46. The van der Waals surface area contributed by atoms with E-state index in [-0.39, 0.29) is 16.4 Å². The van der Waals surface area contributed by atoms with Gasteiger partial charge in [-0.25, -0.2) is 0 Å². The standard InChI is InChI=1S/C16H17NO4S2/c1-12-7-9-13(10-8-12)23(18,19)20-11-22-16-17(2)14-5-3-4-6-15(14)21-16/h3-10,16H,11H2,1-2H3. The molecule has 0 radical (unpaired) electrons. The van der Waals surface area contributed by atoms with Crippen LogP contribution in [0.15, 0.2) is 53.4 Å². The molecule has 1 aliphatic heterocycles. The maximum Gasteiger partial charge on any atom is 0.297 e. The second-order valence-electron chi connectivity index (χ2n) is 5.17. The lowest BCUT2D eigenvalue weighted by Gasteiger charge is -2.19. The summed E-state index contributed by atoms with van der Waals surface area (Å²) in [6.07, 6.45) is 0. The highest BCUT2D eigenvalue weighted by Gasteiger charge is 2.28. The summed E-state index contributed by atoms with van der Waals surface area (Å²) in [6.45, 7) is 1.90. The molecule has 7 heteroatoms. The van der Waals surface area contributed by atoms with Crippen molar-refractivity contribution in [2.45, 2.75) is 17.4 Å². The minimum absolute atomic E-state index is 0.0147. The molecule has 3 rings (SSSR count). The molecule has 0 saturated heterocycles. The third-order valence-corrected chi connectivity index (χ3v) is 5.89. The normalized spacial score (nSPS) is 17.0. The molecule has 0 amide bonds. The van der Waals surface area contributed by atoms with Gasteiger partial charge in [-0.1, -0.05) is 41.6 Å².